The van der Waals surface area contributed by atoms with Crippen LogP contribution in [0.4, 0.5) is 0 Å². The highest BCUT2D eigenvalue weighted by Gasteiger charge is 2.10. The number of sulfonamides is 1. The molecule has 0 aliphatic heterocycles. The van der Waals surface area contributed by atoms with Gasteiger partial charge < -0.3 is 4.74 Å². The number of rotatable bonds is 6. The number of hydrogen-bond donors (Lipinski definition) is 1. The van der Waals surface area contributed by atoms with Gasteiger partial charge in [-0.25, -0.2) is 13.1 Å². The zero-order valence-electron chi connectivity index (χ0n) is 11.4. The zero-order valence-corrected chi connectivity index (χ0v) is 12.2. The molecule has 1 rings (SSSR count). The number of methoxy groups -OCH3 is 1. The molecule has 0 bridgehead atoms. The van der Waals surface area contributed by atoms with Gasteiger partial charge in [0, 0.05) is 6.54 Å². The van der Waals surface area contributed by atoms with E-state index in [-0.39, 0.29) is 5.75 Å². The minimum atomic E-state index is -3.12. The molecule has 0 fully saturated rings. The molecule has 102 valence electrons. The number of hydrogen-bond acceptors (Lipinski definition) is 3. The van der Waals surface area contributed by atoms with Crippen molar-refractivity contribution in [1.82, 2.24) is 4.72 Å². The SMILES string of the molecule is CCS(=O)(=O)NCCc1cc(C)cc(C)c1OC. The van der Waals surface area contributed by atoms with Crippen LogP contribution in [0.2, 0.25) is 0 Å². The van der Waals surface area contributed by atoms with E-state index in [0.717, 1.165) is 22.4 Å². The summed E-state index contributed by atoms with van der Waals surface area (Å²) in [5, 5.41) is 0. The van der Waals surface area contributed by atoms with Gasteiger partial charge in [-0.3, -0.25) is 0 Å². The molecule has 4 nitrogen and oxygen atoms in total. The third kappa shape index (κ3) is 3.99. The standard InChI is InChI=1S/C13H21NO3S/c1-5-18(15,16)14-7-6-12-9-10(2)8-11(3)13(12)17-4/h8-9,14H,5-7H2,1-4H3. The summed E-state index contributed by atoms with van der Waals surface area (Å²) in [5.41, 5.74) is 3.27. The minimum absolute atomic E-state index is 0.108. The molecule has 0 saturated carbocycles. The first-order chi connectivity index (χ1) is 8.39. The monoisotopic (exact) mass is 271 g/mol. The molecule has 0 unspecified atom stereocenters. The fourth-order valence-electron chi connectivity index (χ4n) is 1.96. The summed E-state index contributed by atoms with van der Waals surface area (Å²) in [4.78, 5) is 0. The van der Waals surface area contributed by atoms with Crippen LogP contribution in [0.5, 0.6) is 5.75 Å². The maximum absolute atomic E-state index is 11.3. The van der Waals surface area contributed by atoms with Crippen molar-refractivity contribution in [3.05, 3.63) is 28.8 Å². The van der Waals surface area contributed by atoms with Crippen molar-refractivity contribution in [2.24, 2.45) is 0 Å². The highest BCUT2D eigenvalue weighted by Crippen LogP contribution is 2.25. The maximum Gasteiger partial charge on any atom is 0.211 e. The molecule has 0 atom stereocenters. The first-order valence-corrected chi connectivity index (χ1v) is 7.66. The Morgan fingerprint density at radius 2 is 1.94 bits per heavy atom. The van der Waals surface area contributed by atoms with Crippen molar-refractivity contribution >= 4 is 10.0 Å². The van der Waals surface area contributed by atoms with E-state index in [1.807, 2.05) is 19.9 Å². The van der Waals surface area contributed by atoms with Gasteiger partial charge in [0.25, 0.3) is 0 Å². The smallest absolute Gasteiger partial charge is 0.211 e. The Balaban J connectivity index is 2.79. The summed E-state index contributed by atoms with van der Waals surface area (Å²) in [6.07, 6.45) is 0.630. The summed E-state index contributed by atoms with van der Waals surface area (Å²) in [6.45, 7) is 6.03. The van der Waals surface area contributed by atoms with Crippen LogP contribution in [0.1, 0.15) is 23.6 Å². The lowest BCUT2D eigenvalue weighted by atomic mass is 10.0. The van der Waals surface area contributed by atoms with Crippen LogP contribution in [-0.2, 0) is 16.4 Å². The van der Waals surface area contributed by atoms with Crippen LogP contribution in [0.3, 0.4) is 0 Å². The Morgan fingerprint density at radius 1 is 1.28 bits per heavy atom. The molecule has 0 amide bonds. The van der Waals surface area contributed by atoms with Crippen LogP contribution in [0.25, 0.3) is 0 Å². The quantitative estimate of drug-likeness (QED) is 0.858. The van der Waals surface area contributed by atoms with Crippen molar-refractivity contribution in [1.29, 1.82) is 0 Å². The fourth-order valence-corrected chi connectivity index (χ4v) is 2.58. The van der Waals surface area contributed by atoms with Gasteiger partial charge in [0.2, 0.25) is 10.0 Å². The molecule has 0 radical (unpaired) electrons. The van der Waals surface area contributed by atoms with Crippen molar-refractivity contribution in [2.75, 3.05) is 19.4 Å². The van der Waals surface area contributed by atoms with Crippen LogP contribution in [-0.4, -0.2) is 27.8 Å². The van der Waals surface area contributed by atoms with Crippen molar-refractivity contribution in [3.63, 3.8) is 0 Å². The van der Waals surface area contributed by atoms with Gasteiger partial charge in [-0.1, -0.05) is 17.7 Å². The molecular formula is C13H21NO3S. The number of benzene rings is 1. The first kappa shape index (κ1) is 15.0. The Morgan fingerprint density at radius 3 is 2.50 bits per heavy atom. The van der Waals surface area contributed by atoms with Crippen molar-refractivity contribution in [3.8, 4) is 5.75 Å². The lowest BCUT2D eigenvalue weighted by molar-refractivity contribution is 0.406. The van der Waals surface area contributed by atoms with E-state index in [0.29, 0.717) is 13.0 Å². The number of ether oxygens (including phenoxy) is 1. The van der Waals surface area contributed by atoms with Gasteiger partial charge in [-0.15, -0.1) is 0 Å². The van der Waals surface area contributed by atoms with Gasteiger partial charge in [0.1, 0.15) is 5.75 Å². The maximum atomic E-state index is 11.3. The third-order valence-corrected chi connectivity index (χ3v) is 4.20. The van der Waals surface area contributed by atoms with E-state index in [2.05, 4.69) is 10.8 Å². The second-order valence-electron chi connectivity index (χ2n) is 4.32. The van der Waals surface area contributed by atoms with E-state index < -0.39 is 10.0 Å². The number of aryl methyl sites for hydroxylation is 2. The molecular weight excluding hydrogens is 250 g/mol. The van der Waals surface area contributed by atoms with Gasteiger partial charge in [0.05, 0.1) is 12.9 Å². The predicted octanol–water partition coefficient (Wildman–Crippen LogP) is 1.79. The minimum Gasteiger partial charge on any atom is -0.496 e. The molecule has 18 heavy (non-hydrogen) atoms. The van der Waals surface area contributed by atoms with E-state index in [9.17, 15) is 8.42 Å². The highest BCUT2D eigenvalue weighted by molar-refractivity contribution is 7.89. The van der Waals surface area contributed by atoms with Crippen LogP contribution < -0.4 is 9.46 Å². The van der Waals surface area contributed by atoms with Crippen LogP contribution in [0, 0.1) is 13.8 Å². The predicted molar refractivity (Wildman–Crippen MR) is 73.6 cm³/mol. The normalized spacial score (nSPS) is 11.6. The fraction of sp³-hybridized carbons (Fsp3) is 0.538. The summed E-state index contributed by atoms with van der Waals surface area (Å²) >= 11 is 0. The molecule has 0 spiro atoms. The summed E-state index contributed by atoms with van der Waals surface area (Å²) in [7, 11) is -1.48. The molecule has 0 saturated heterocycles. The highest BCUT2D eigenvalue weighted by atomic mass is 32.2. The molecule has 1 aromatic carbocycles. The third-order valence-electron chi connectivity index (χ3n) is 2.80. The Labute approximate surface area is 109 Å². The molecule has 0 aliphatic carbocycles. The Hall–Kier alpha value is -1.07. The largest absolute Gasteiger partial charge is 0.496 e. The van der Waals surface area contributed by atoms with E-state index in [4.69, 9.17) is 4.74 Å². The lowest BCUT2D eigenvalue weighted by Gasteiger charge is -2.13. The molecule has 0 aliphatic rings. The summed E-state index contributed by atoms with van der Waals surface area (Å²) in [5.74, 6) is 0.952. The second-order valence-corrected chi connectivity index (χ2v) is 6.42. The van der Waals surface area contributed by atoms with Gasteiger partial charge >= 0.3 is 0 Å². The van der Waals surface area contributed by atoms with Crippen LogP contribution in [0.15, 0.2) is 12.1 Å². The second kappa shape index (κ2) is 6.20. The van der Waals surface area contributed by atoms with E-state index >= 15 is 0 Å². The van der Waals surface area contributed by atoms with Crippen molar-refractivity contribution < 1.29 is 13.2 Å². The molecule has 0 heterocycles. The Bertz CT molecular complexity index is 509. The average molecular weight is 271 g/mol. The van der Waals surface area contributed by atoms with E-state index in [1.165, 1.54) is 0 Å². The van der Waals surface area contributed by atoms with Gasteiger partial charge in [0.15, 0.2) is 0 Å². The average Bonchev–Trinajstić information content (AvgIpc) is 2.28. The topological polar surface area (TPSA) is 55.4 Å². The summed E-state index contributed by atoms with van der Waals surface area (Å²) < 4.78 is 30.6. The molecule has 5 heteroatoms. The van der Waals surface area contributed by atoms with Crippen LogP contribution >= 0.6 is 0 Å². The molecule has 1 N–H and O–H groups in total. The lowest BCUT2D eigenvalue weighted by Crippen LogP contribution is -2.27. The number of nitrogens with one attached hydrogen (secondary N) is 1. The molecule has 0 aromatic heterocycles. The van der Waals surface area contributed by atoms with Gasteiger partial charge in [-0.05, 0) is 38.3 Å². The Kier molecular flexibility index (Phi) is 5.16. The van der Waals surface area contributed by atoms with E-state index in [1.54, 1.807) is 14.0 Å². The molecule has 1 aromatic rings. The zero-order chi connectivity index (χ0) is 13.8. The van der Waals surface area contributed by atoms with Crippen molar-refractivity contribution in [2.45, 2.75) is 27.2 Å². The summed E-state index contributed by atoms with van der Waals surface area (Å²) in [6, 6.07) is 4.09. The van der Waals surface area contributed by atoms with Gasteiger partial charge in [-0.2, -0.15) is 0 Å². The first-order valence-electron chi connectivity index (χ1n) is 6.01.